The highest BCUT2D eigenvalue weighted by Crippen LogP contribution is 2.37. The first-order valence-corrected chi connectivity index (χ1v) is 9.99. The van der Waals surface area contributed by atoms with Gasteiger partial charge in [-0.1, -0.05) is 18.2 Å². The predicted octanol–water partition coefficient (Wildman–Crippen LogP) is 4.39. The molecule has 0 aliphatic heterocycles. The number of fused-ring (bicyclic) bond motifs is 1. The number of halogens is 2. The summed E-state index contributed by atoms with van der Waals surface area (Å²) < 4.78 is 25.0. The minimum absolute atomic E-state index is 0.0112. The summed E-state index contributed by atoms with van der Waals surface area (Å²) in [5, 5.41) is 6.70. The minimum Gasteiger partial charge on any atom is -0.493 e. The van der Waals surface area contributed by atoms with Crippen molar-refractivity contribution in [2.45, 2.75) is 25.0 Å². The second kappa shape index (κ2) is 8.77. The first-order valence-electron chi connectivity index (χ1n) is 9.61. The molecule has 1 saturated carbocycles. The lowest BCUT2D eigenvalue weighted by Gasteiger charge is -2.35. The molecule has 0 spiro atoms. The summed E-state index contributed by atoms with van der Waals surface area (Å²) in [6, 6.07) is 7.97. The molecule has 2 aromatic carbocycles. The van der Waals surface area contributed by atoms with Crippen molar-refractivity contribution in [2.75, 3.05) is 12.4 Å². The van der Waals surface area contributed by atoms with E-state index in [0.717, 1.165) is 0 Å². The summed E-state index contributed by atoms with van der Waals surface area (Å²) in [5.74, 6) is 0.915. The Morgan fingerprint density at radius 1 is 1.26 bits per heavy atom. The number of ether oxygens (including phenoxy) is 2. The highest BCUT2D eigenvalue weighted by molar-refractivity contribution is 6.31. The van der Waals surface area contributed by atoms with Crippen molar-refractivity contribution in [3.05, 3.63) is 60.2 Å². The van der Waals surface area contributed by atoms with Crippen molar-refractivity contribution in [3.8, 4) is 11.5 Å². The van der Waals surface area contributed by atoms with E-state index in [2.05, 4.69) is 27.2 Å². The van der Waals surface area contributed by atoms with Crippen molar-refractivity contribution in [3.63, 3.8) is 0 Å². The summed E-state index contributed by atoms with van der Waals surface area (Å²) in [4.78, 5) is 20.0. The van der Waals surface area contributed by atoms with Gasteiger partial charge in [0.05, 0.1) is 17.6 Å². The molecule has 0 atom stereocenters. The topological polar surface area (TPSA) is 85.4 Å². The summed E-state index contributed by atoms with van der Waals surface area (Å²) in [7, 11) is 1.56. The van der Waals surface area contributed by atoms with Crippen molar-refractivity contribution in [1.29, 1.82) is 0 Å². The third-order valence-electron chi connectivity index (χ3n) is 5.02. The molecule has 1 aliphatic rings. The number of anilines is 2. The summed E-state index contributed by atoms with van der Waals surface area (Å²) in [6.07, 6.45) is 3.99. The van der Waals surface area contributed by atoms with Crippen LogP contribution in [-0.2, 0) is 4.79 Å². The summed E-state index contributed by atoms with van der Waals surface area (Å²) in [6.45, 7) is 3.45. The number of benzene rings is 2. The zero-order chi connectivity index (χ0) is 22.0. The number of carbonyl (C=O) groups excluding carboxylic acids is 1. The van der Waals surface area contributed by atoms with Gasteiger partial charge in [0.2, 0.25) is 5.91 Å². The van der Waals surface area contributed by atoms with Crippen LogP contribution in [0.25, 0.3) is 10.9 Å². The van der Waals surface area contributed by atoms with E-state index < -0.39 is 5.82 Å². The van der Waals surface area contributed by atoms with E-state index >= 15 is 0 Å². The SMILES string of the molecule is C=CC(=O)NC1CC(Oc2cc3c(Nc4ccc(F)c(Cl)c4)ncnc3cc2OC)C1. The molecule has 0 saturated heterocycles. The van der Waals surface area contributed by atoms with Crippen molar-refractivity contribution >= 4 is 39.9 Å². The average molecular weight is 443 g/mol. The maximum atomic E-state index is 13.5. The average Bonchev–Trinajstić information content (AvgIpc) is 2.74. The Balaban J connectivity index is 1.58. The lowest BCUT2D eigenvalue weighted by atomic mass is 9.89. The fourth-order valence-corrected chi connectivity index (χ4v) is 3.53. The van der Waals surface area contributed by atoms with E-state index in [9.17, 15) is 9.18 Å². The van der Waals surface area contributed by atoms with Crippen LogP contribution in [0.3, 0.4) is 0 Å². The van der Waals surface area contributed by atoms with Crippen LogP contribution in [0.15, 0.2) is 49.3 Å². The van der Waals surface area contributed by atoms with Gasteiger partial charge in [-0.2, -0.15) is 0 Å². The maximum Gasteiger partial charge on any atom is 0.243 e. The van der Waals surface area contributed by atoms with Gasteiger partial charge in [0.1, 0.15) is 24.1 Å². The van der Waals surface area contributed by atoms with Gasteiger partial charge < -0.3 is 20.1 Å². The Morgan fingerprint density at radius 3 is 2.77 bits per heavy atom. The fraction of sp³-hybridized carbons (Fsp3) is 0.227. The first-order chi connectivity index (χ1) is 15.0. The van der Waals surface area contributed by atoms with Gasteiger partial charge in [-0.15, -0.1) is 0 Å². The number of nitrogens with zero attached hydrogens (tertiary/aromatic N) is 2. The highest BCUT2D eigenvalue weighted by atomic mass is 35.5. The molecule has 0 unspecified atom stereocenters. The molecular formula is C22H20ClFN4O3. The number of carbonyl (C=O) groups is 1. The lowest BCUT2D eigenvalue weighted by Crippen LogP contribution is -2.48. The van der Waals surface area contributed by atoms with Crippen LogP contribution in [-0.4, -0.2) is 35.1 Å². The van der Waals surface area contributed by atoms with Crippen LogP contribution in [0.4, 0.5) is 15.9 Å². The molecule has 1 aromatic heterocycles. The molecule has 160 valence electrons. The zero-order valence-corrected chi connectivity index (χ0v) is 17.4. The highest BCUT2D eigenvalue weighted by Gasteiger charge is 2.32. The molecule has 31 heavy (non-hydrogen) atoms. The van der Waals surface area contributed by atoms with Crippen LogP contribution in [0, 0.1) is 5.82 Å². The van der Waals surface area contributed by atoms with Crippen molar-refractivity contribution < 1.29 is 18.7 Å². The Kier molecular flexibility index (Phi) is 5.90. The van der Waals surface area contributed by atoms with Gasteiger partial charge in [0.15, 0.2) is 11.5 Å². The normalized spacial score (nSPS) is 17.5. The van der Waals surface area contributed by atoms with Crippen LogP contribution < -0.4 is 20.1 Å². The van der Waals surface area contributed by atoms with Gasteiger partial charge in [0, 0.05) is 36.0 Å². The second-order valence-electron chi connectivity index (χ2n) is 7.12. The van der Waals surface area contributed by atoms with Gasteiger partial charge >= 0.3 is 0 Å². The molecule has 1 aliphatic carbocycles. The van der Waals surface area contributed by atoms with Gasteiger partial charge in [-0.25, -0.2) is 14.4 Å². The molecule has 1 heterocycles. The largest absolute Gasteiger partial charge is 0.493 e. The Morgan fingerprint density at radius 2 is 2.06 bits per heavy atom. The molecule has 0 bridgehead atoms. The van der Waals surface area contributed by atoms with E-state index in [-0.39, 0.29) is 23.1 Å². The minimum atomic E-state index is -0.497. The van der Waals surface area contributed by atoms with E-state index in [4.69, 9.17) is 21.1 Å². The molecule has 1 fully saturated rings. The predicted molar refractivity (Wildman–Crippen MR) is 117 cm³/mol. The number of rotatable bonds is 7. The number of hydrogen-bond donors (Lipinski definition) is 2. The Labute approximate surface area is 183 Å². The molecule has 1 amide bonds. The molecule has 2 N–H and O–H groups in total. The van der Waals surface area contributed by atoms with E-state index in [1.54, 1.807) is 25.3 Å². The molecule has 0 radical (unpaired) electrons. The monoisotopic (exact) mass is 442 g/mol. The summed E-state index contributed by atoms with van der Waals surface area (Å²) >= 11 is 5.88. The molecule has 4 rings (SSSR count). The number of hydrogen-bond acceptors (Lipinski definition) is 6. The smallest absolute Gasteiger partial charge is 0.243 e. The van der Waals surface area contributed by atoms with Gasteiger partial charge in [-0.05, 0) is 30.3 Å². The lowest BCUT2D eigenvalue weighted by molar-refractivity contribution is -0.118. The molecule has 9 heteroatoms. The van der Waals surface area contributed by atoms with Crippen LogP contribution in [0.5, 0.6) is 11.5 Å². The third kappa shape index (κ3) is 4.54. The van der Waals surface area contributed by atoms with E-state index in [1.165, 1.54) is 24.5 Å². The fourth-order valence-electron chi connectivity index (χ4n) is 3.35. The number of aromatic nitrogens is 2. The molecular weight excluding hydrogens is 423 g/mol. The van der Waals surface area contributed by atoms with Crippen LogP contribution >= 0.6 is 11.6 Å². The zero-order valence-electron chi connectivity index (χ0n) is 16.7. The number of amides is 1. The van der Waals surface area contributed by atoms with Crippen molar-refractivity contribution in [2.24, 2.45) is 0 Å². The maximum absolute atomic E-state index is 13.5. The third-order valence-corrected chi connectivity index (χ3v) is 5.31. The van der Waals surface area contributed by atoms with Gasteiger partial charge in [-0.3, -0.25) is 4.79 Å². The Hall–Kier alpha value is -3.39. The quantitative estimate of drug-likeness (QED) is 0.528. The van der Waals surface area contributed by atoms with Gasteiger partial charge in [0.25, 0.3) is 0 Å². The Bertz CT molecular complexity index is 1150. The number of methoxy groups -OCH3 is 1. The second-order valence-corrected chi connectivity index (χ2v) is 7.52. The first kappa shape index (κ1) is 20.9. The molecule has 7 nitrogen and oxygen atoms in total. The van der Waals surface area contributed by atoms with Crippen LogP contribution in [0.1, 0.15) is 12.8 Å². The standard InChI is InChI=1S/C22H20ClFN4O3/c1-3-21(29)27-13-6-14(7-13)31-20-9-15-18(10-19(20)30-2)25-11-26-22(15)28-12-4-5-17(24)16(23)8-12/h3-5,8-11,13-14H,1,6-7H2,2H3,(H,27,29)(H,25,26,28). The van der Waals surface area contributed by atoms with Crippen LogP contribution in [0.2, 0.25) is 5.02 Å². The summed E-state index contributed by atoms with van der Waals surface area (Å²) in [5.41, 5.74) is 1.24. The van der Waals surface area contributed by atoms with E-state index in [0.29, 0.717) is 46.7 Å². The van der Waals surface area contributed by atoms with Crippen molar-refractivity contribution in [1.82, 2.24) is 15.3 Å². The molecule has 3 aromatic rings. The number of nitrogens with one attached hydrogen (secondary N) is 2. The van der Waals surface area contributed by atoms with E-state index in [1.807, 2.05) is 0 Å².